The maximum absolute atomic E-state index is 12.6. The lowest BCUT2D eigenvalue weighted by atomic mass is 9.83. The predicted molar refractivity (Wildman–Crippen MR) is 96.9 cm³/mol. The van der Waals surface area contributed by atoms with Crippen LogP contribution in [0.1, 0.15) is 26.2 Å². The van der Waals surface area contributed by atoms with Crippen molar-refractivity contribution < 1.29 is 19.0 Å². The van der Waals surface area contributed by atoms with Crippen LogP contribution in [0.25, 0.3) is 0 Å². The first-order chi connectivity index (χ1) is 12.0. The zero-order valence-corrected chi connectivity index (χ0v) is 15.4. The molecule has 1 aliphatic rings. The molecule has 1 saturated carbocycles. The molecule has 0 saturated heterocycles. The first-order valence-corrected chi connectivity index (χ1v) is 8.94. The van der Waals surface area contributed by atoms with Gasteiger partial charge < -0.3 is 24.8 Å². The van der Waals surface area contributed by atoms with E-state index in [0.29, 0.717) is 26.2 Å². The topological polar surface area (TPSA) is 74.0 Å². The van der Waals surface area contributed by atoms with E-state index >= 15 is 0 Å². The third-order valence-electron chi connectivity index (χ3n) is 4.69. The summed E-state index contributed by atoms with van der Waals surface area (Å²) >= 11 is 0. The maximum atomic E-state index is 12.6. The molecule has 2 rings (SSSR count). The molecule has 0 aliphatic heterocycles. The van der Waals surface area contributed by atoms with Gasteiger partial charge in [-0.15, -0.1) is 0 Å². The zero-order valence-electron chi connectivity index (χ0n) is 15.4. The van der Waals surface area contributed by atoms with Crippen LogP contribution in [0.2, 0.25) is 0 Å². The number of carbonyl (C=O) groups excluding carboxylic acids is 1. The van der Waals surface area contributed by atoms with Crippen LogP contribution < -0.4 is 15.2 Å². The van der Waals surface area contributed by atoms with E-state index in [9.17, 15) is 4.79 Å². The summed E-state index contributed by atoms with van der Waals surface area (Å²) in [4.78, 5) is 14.3. The fourth-order valence-corrected chi connectivity index (χ4v) is 3.22. The second-order valence-electron chi connectivity index (χ2n) is 6.46. The number of amides is 1. The number of methoxy groups -OCH3 is 1. The van der Waals surface area contributed by atoms with Crippen molar-refractivity contribution in [1.82, 2.24) is 4.90 Å². The summed E-state index contributed by atoms with van der Waals surface area (Å²) in [6.07, 6.45) is 2.42. The van der Waals surface area contributed by atoms with E-state index in [4.69, 9.17) is 19.9 Å². The molecule has 25 heavy (non-hydrogen) atoms. The van der Waals surface area contributed by atoms with Crippen LogP contribution >= 0.6 is 0 Å². The normalized spacial score (nSPS) is 23.1. The molecule has 1 aromatic rings. The van der Waals surface area contributed by atoms with Gasteiger partial charge in [0.15, 0.2) is 0 Å². The smallest absolute Gasteiger partial charge is 0.225 e. The number of nitrogens with zero attached hydrogens (tertiary/aromatic N) is 1. The number of rotatable bonds is 8. The quantitative estimate of drug-likeness (QED) is 0.777. The Morgan fingerprint density at radius 1 is 1.20 bits per heavy atom. The first kappa shape index (κ1) is 19.5. The third-order valence-corrected chi connectivity index (χ3v) is 4.69. The lowest BCUT2D eigenvalue weighted by molar-refractivity contribution is -0.136. The maximum Gasteiger partial charge on any atom is 0.225 e. The predicted octanol–water partition coefficient (Wildman–Crippen LogP) is 2.06. The Kier molecular flexibility index (Phi) is 7.52. The van der Waals surface area contributed by atoms with E-state index in [1.165, 1.54) is 0 Å². The second-order valence-corrected chi connectivity index (χ2v) is 6.46. The molecule has 1 aliphatic carbocycles. The summed E-state index contributed by atoms with van der Waals surface area (Å²) in [5, 5.41) is 0. The molecule has 3 atom stereocenters. The van der Waals surface area contributed by atoms with Gasteiger partial charge in [0.2, 0.25) is 5.91 Å². The fourth-order valence-electron chi connectivity index (χ4n) is 3.22. The number of hydrogen-bond acceptors (Lipinski definition) is 5. The molecule has 0 aromatic heterocycles. The van der Waals surface area contributed by atoms with Crippen molar-refractivity contribution >= 4 is 5.91 Å². The Balaban J connectivity index is 1.74. The molecule has 1 aromatic carbocycles. The molecule has 0 spiro atoms. The summed E-state index contributed by atoms with van der Waals surface area (Å²) in [6, 6.07) is 7.43. The lowest BCUT2D eigenvalue weighted by Gasteiger charge is -2.34. The van der Waals surface area contributed by atoms with E-state index in [1.54, 1.807) is 12.0 Å². The summed E-state index contributed by atoms with van der Waals surface area (Å²) < 4.78 is 16.5. The van der Waals surface area contributed by atoms with Crippen molar-refractivity contribution in [2.75, 3.05) is 33.9 Å². The number of hydrogen-bond donors (Lipinski definition) is 1. The zero-order chi connectivity index (χ0) is 18.2. The van der Waals surface area contributed by atoms with Crippen molar-refractivity contribution in [3.05, 3.63) is 24.3 Å². The highest BCUT2D eigenvalue weighted by Gasteiger charge is 2.33. The van der Waals surface area contributed by atoms with Gasteiger partial charge in [0, 0.05) is 26.1 Å². The van der Waals surface area contributed by atoms with Gasteiger partial charge in [-0.3, -0.25) is 4.79 Å². The summed E-state index contributed by atoms with van der Waals surface area (Å²) in [5.41, 5.74) is 6.10. The standard InChI is InChI=1S/C19H30N2O4/c1-4-24-15-6-8-16(9-7-15)25-12-11-21(2)19(22)14-5-10-18(23-3)17(20)13-14/h6-9,14,17-18H,4-5,10-13,20H2,1-3H3/t14-,17+,18+/m0/s1. The Morgan fingerprint density at radius 3 is 2.40 bits per heavy atom. The minimum atomic E-state index is -0.0683. The van der Waals surface area contributed by atoms with Crippen molar-refractivity contribution in [3.63, 3.8) is 0 Å². The monoisotopic (exact) mass is 350 g/mol. The molecule has 0 bridgehead atoms. The van der Waals surface area contributed by atoms with E-state index in [0.717, 1.165) is 24.3 Å². The van der Waals surface area contributed by atoms with Gasteiger partial charge in [-0.05, 0) is 50.5 Å². The number of ether oxygens (including phenoxy) is 3. The Morgan fingerprint density at radius 2 is 1.84 bits per heavy atom. The van der Waals surface area contributed by atoms with Gasteiger partial charge in [0.25, 0.3) is 0 Å². The second kappa shape index (κ2) is 9.63. The molecule has 1 amide bonds. The van der Waals surface area contributed by atoms with Crippen LogP contribution in [-0.2, 0) is 9.53 Å². The van der Waals surface area contributed by atoms with E-state index < -0.39 is 0 Å². The van der Waals surface area contributed by atoms with Crippen LogP contribution in [0, 0.1) is 5.92 Å². The van der Waals surface area contributed by atoms with Gasteiger partial charge in [-0.25, -0.2) is 0 Å². The van der Waals surface area contributed by atoms with Gasteiger partial charge in [-0.2, -0.15) is 0 Å². The molecule has 6 heteroatoms. The minimum Gasteiger partial charge on any atom is -0.494 e. The van der Waals surface area contributed by atoms with Crippen molar-refractivity contribution in [2.45, 2.75) is 38.3 Å². The van der Waals surface area contributed by atoms with E-state index in [1.807, 2.05) is 38.2 Å². The van der Waals surface area contributed by atoms with Crippen LogP contribution in [0.4, 0.5) is 0 Å². The fraction of sp³-hybridized carbons (Fsp3) is 0.632. The van der Waals surface area contributed by atoms with Crippen LogP contribution in [0.5, 0.6) is 11.5 Å². The minimum absolute atomic E-state index is 0.0168. The highest BCUT2D eigenvalue weighted by molar-refractivity contribution is 5.78. The number of likely N-dealkylation sites (N-methyl/N-ethyl adjacent to an activating group) is 1. The van der Waals surface area contributed by atoms with E-state index in [-0.39, 0.29) is 24.0 Å². The number of nitrogens with two attached hydrogens (primary N) is 1. The van der Waals surface area contributed by atoms with Crippen LogP contribution in [0.3, 0.4) is 0 Å². The highest BCUT2D eigenvalue weighted by Crippen LogP contribution is 2.26. The average molecular weight is 350 g/mol. The molecule has 0 unspecified atom stereocenters. The van der Waals surface area contributed by atoms with Crippen molar-refractivity contribution in [1.29, 1.82) is 0 Å². The Hall–Kier alpha value is -1.79. The van der Waals surface area contributed by atoms with Crippen LogP contribution in [0.15, 0.2) is 24.3 Å². The first-order valence-electron chi connectivity index (χ1n) is 8.94. The number of benzene rings is 1. The molecule has 6 nitrogen and oxygen atoms in total. The largest absolute Gasteiger partial charge is 0.494 e. The van der Waals surface area contributed by atoms with Gasteiger partial charge >= 0.3 is 0 Å². The number of carbonyl (C=O) groups is 1. The van der Waals surface area contributed by atoms with Crippen LogP contribution in [-0.4, -0.2) is 56.9 Å². The van der Waals surface area contributed by atoms with E-state index in [2.05, 4.69) is 0 Å². The third kappa shape index (κ3) is 5.61. The molecular weight excluding hydrogens is 320 g/mol. The molecular formula is C19H30N2O4. The van der Waals surface area contributed by atoms with Crippen molar-refractivity contribution in [2.24, 2.45) is 11.7 Å². The van der Waals surface area contributed by atoms with Gasteiger partial charge in [0.05, 0.1) is 19.3 Å². The molecule has 140 valence electrons. The average Bonchev–Trinajstić information content (AvgIpc) is 2.62. The Bertz CT molecular complexity index is 535. The van der Waals surface area contributed by atoms with Crippen molar-refractivity contribution in [3.8, 4) is 11.5 Å². The summed E-state index contributed by atoms with van der Waals surface area (Å²) in [6.45, 7) is 3.59. The van der Waals surface area contributed by atoms with Gasteiger partial charge in [0.1, 0.15) is 18.1 Å². The summed E-state index contributed by atoms with van der Waals surface area (Å²) in [5.74, 6) is 1.72. The molecule has 0 radical (unpaired) electrons. The summed E-state index contributed by atoms with van der Waals surface area (Å²) in [7, 11) is 3.49. The molecule has 0 heterocycles. The lowest BCUT2D eigenvalue weighted by Crippen LogP contribution is -2.46. The molecule has 2 N–H and O–H groups in total. The molecule has 1 fully saturated rings. The Labute approximate surface area is 150 Å². The van der Waals surface area contributed by atoms with Gasteiger partial charge in [-0.1, -0.05) is 0 Å². The SMILES string of the molecule is CCOc1ccc(OCCN(C)C(=O)[C@H]2CC[C@@H](OC)[C@H](N)C2)cc1. The highest BCUT2D eigenvalue weighted by atomic mass is 16.5.